The first-order chi connectivity index (χ1) is 17.4. The minimum absolute atomic E-state index is 0.0329. The summed E-state index contributed by atoms with van der Waals surface area (Å²) >= 11 is 0. The lowest BCUT2D eigenvalue weighted by Crippen LogP contribution is -2.41. The predicted octanol–water partition coefficient (Wildman–Crippen LogP) is 4.53. The van der Waals surface area contributed by atoms with Crippen molar-refractivity contribution in [1.82, 2.24) is 0 Å². The monoisotopic (exact) mass is 487 g/mol. The molecule has 8 nitrogen and oxygen atoms in total. The van der Waals surface area contributed by atoms with Gasteiger partial charge in [0.25, 0.3) is 11.8 Å². The third-order valence-electron chi connectivity index (χ3n) is 5.70. The summed E-state index contributed by atoms with van der Waals surface area (Å²) < 4.78 is 10.7. The maximum Gasteiger partial charge on any atom is 0.308 e. The summed E-state index contributed by atoms with van der Waals surface area (Å²) in [5.41, 5.74) is 3.19. The van der Waals surface area contributed by atoms with Gasteiger partial charge in [-0.05, 0) is 62.4 Å². The molecule has 0 atom stereocenters. The molecule has 1 N–H and O–H groups in total. The Morgan fingerprint density at radius 3 is 2.36 bits per heavy atom. The number of para-hydroxylation sites is 3. The lowest BCUT2D eigenvalue weighted by Gasteiger charge is -2.29. The van der Waals surface area contributed by atoms with E-state index < -0.39 is 5.97 Å². The zero-order valence-electron chi connectivity index (χ0n) is 20.3. The van der Waals surface area contributed by atoms with E-state index in [1.807, 2.05) is 74.5 Å². The summed E-state index contributed by atoms with van der Waals surface area (Å²) in [4.78, 5) is 40.7. The van der Waals surface area contributed by atoms with Crippen molar-refractivity contribution in [3.8, 4) is 5.75 Å². The summed E-state index contributed by atoms with van der Waals surface area (Å²) in [5, 5.41) is 3.31. The van der Waals surface area contributed by atoms with Crippen LogP contribution in [0.15, 0.2) is 78.9 Å². The number of carbonyl (C=O) groups excluding carboxylic acids is 3. The van der Waals surface area contributed by atoms with E-state index >= 15 is 0 Å². The second-order valence-electron chi connectivity index (χ2n) is 8.61. The molecule has 4 rings (SSSR count). The van der Waals surface area contributed by atoms with Gasteiger partial charge in [0.2, 0.25) is 0 Å². The first kappa shape index (κ1) is 24.8. The Kier molecular flexibility index (Phi) is 7.85. The predicted molar refractivity (Wildman–Crippen MR) is 139 cm³/mol. The van der Waals surface area contributed by atoms with Crippen molar-refractivity contribution in [3.63, 3.8) is 0 Å². The van der Waals surface area contributed by atoms with E-state index in [1.165, 1.54) is 4.90 Å². The van der Waals surface area contributed by atoms with Gasteiger partial charge < -0.3 is 24.6 Å². The van der Waals surface area contributed by atoms with Gasteiger partial charge in [0, 0.05) is 29.6 Å². The molecule has 3 aromatic carbocycles. The van der Waals surface area contributed by atoms with Gasteiger partial charge in [0.15, 0.2) is 13.2 Å². The number of hydrogen-bond acceptors (Lipinski definition) is 6. The minimum Gasteiger partial charge on any atom is -0.482 e. The lowest BCUT2D eigenvalue weighted by atomic mass is 10.2. The lowest BCUT2D eigenvalue weighted by molar-refractivity contribution is -0.147. The van der Waals surface area contributed by atoms with Gasteiger partial charge in [0.1, 0.15) is 5.75 Å². The van der Waals surface area contributed by atoms with Crippen LogP contribution in [0, 0.1) is 0 Å². The maximum atomic E-state index is 12.9. The molecule has 8 heteroatoms. The average Bonchev–Trinajstić information content (AvgIpc) is 2.88. The average molecular weight is 488 g/mol. The van der Waals surface area contributed by atoms with Gasteiger partial charge in [-0.3, -0.25) is 14.4 Å². The molecule has 0 saturated carbocycles. The van der Waals surface area contributed by atoms with Gasteiger partial charge in [-0.25, -0.2) is 0 Å². The van der Waals surface area contributed by atoms with Gasteiger partial charge in [-0.1, -0.05) is 30.3 Å². The highest BCUT2D eigenvalue weighted by Gasteiger charge is 2.26. The molecule has 186 valence electrons. The number of hydrogen-bond donors (Lipinski definition) is 1. The Labute approximate surface area is 210 Å². The molecule has 0 aliphatic carbocycles. The van der Waals surface area contributed by atoms with Crippen LogP contribution in [0.25, 0.3) is 0 Å². The van der Waals surface area contributed by atoms with E-state index in [0.29, 0.717) is 17.1 Å². The number of carbonyl (C=O) groups is 3. The van der Waals surface area contributed by atoms with Gasteiger partial charge in [0.05, 0.1) is 12.1 Å². The van der Waals surface area contributed by atoms with Crippen molar-refractivity contribution in [2.24, 2.45) is 0 Å². The number of ether oxygens (including phenoxy) is 2. The SMILES string of the molecule is CC(C)N(C(=O)COC(=O)CCN1C(=O)COc2ccccc21)c1ccc(Nc2ccccc2)cc1. The highest BCUT2D eigenvalue weighted by atomic mass is 16.5. The molecule has 2 amide bonds. The van der Waals surface area contributed by atoms with Crippen molar-refractivity contribution in [2.75, 3.05) is 34.9 Å². The van der Waals surface area contributed by atoms with Crippen LogP contribution in [0.2, 0.25) is 0 Å². The molecule has 1 aliphatic heterocycles. The number of amides is 2. The molecule has 0 unspecified atom stereocenters. The van der Waals surface area contributed by atoms with E-state index in [1.54, 1.807) is 23.1 Å². The third kappa shape index (κ3) is 6.02. The molecule has 36 heavy (non-hydrogen) atoms. The number of benzene rings is 3. The van der Waals surface area contributed by atoms with Crippen LogP contribution < -0.4 is 19.9 Å². The summed E-state index contributed by atoms with van der Waals surface area (Å²) in [6.07, 6.45) is -0.0329. The number of nitrogens with zero attached hydrogens (tertiary/aromatic N) is 2. The van der Waals surface area contributed by atoms with E-state index in [0.717, 1.165) is 11.4 Å². The number of rotatable bonds is 9. The van der Waals surface area contributed by atoms with Crippen molar-refractivity contribution >= 4 is 40.5 Å². The van der Waals surface area contributed by atoms with Crippen molar-refractivity contribution in [1.29, 1.82) is 0 Å². The Hall–Kier alpha value is -4.33. The van der Waals surface area contributed by atoms with E-state index in [2.05, 4.69) is 5.32 Å². The second-order valence-corrected chi connectivity index (χ2v) is 8.61. The van der Waals surface area contributed by atoms with Crippen molar-refractivity contribution in [2.45, 2.75) is 26.3 Å². The van der Waals surface area contributed by atoms with Crippen LogP contribution in [0.5, 0.6) is 5.75 Å². The van der Waals surface area contributed by atoms with Crippen LogP contribution in [0.1, 0.15) is 20.3 Å². The molecular formula is C28H29N3O5. The molecule has 0 saturated heterocycles. The normalized spacial score (nSPS) is 12.5. The fourth-order valence-corrected chi connectivity index (χ4v) is 4.01. The maximum absolute atomic E-state index is 12.9. The Morgan fingerprint density at radius 1 is 0.972 bits per heavy atom. The fourth-order valence-electron chi connectivity index (χ4n) is 4.01. The minimum atomic E-state index is -0.550. The Morgan fingerprint density at radius 2 is 1.64 bits per heavy atom. The molecule has 0 fully saturated rings. The molecule has 0 radical (unpaired) electrons. The number of nitrogens with one attached hydrogen (secondary N) is 1. The Bertz CT molecular complexity index is 1210. The van der Waals surface area contributed by atoms with Crippen molar-refractivity contribution in [3.05, 3.63) is 78.9 Å². The van der Waals surface area contributed by atoms with Crippen molar-refractivity contribution < 1.29 is 23.9 Å². The molecule has 0 spiro atoms. The number of esters is 1. The third-order valence-corrected chi connectivity index (χ3v) is 5.70. The van der Waals surface area contributed by atoms with Crippen LogP contribution in [0.3, 0.4) is 0 Å². The molecule has 3 aromatic rings. The quantitative estimate of drug-likeness (QED) is 0.446. The highest BCUT2D eigenvalue weighted by Crippen LogP contribution is 2.31. The largest absolute Gasteiger partial charge is 0.482 e. The molecule has 0 aromatic heterocycles. The first-order valence-corrected chi connectivity index (χ1v) is 11.8. The molecule has 1 heterocycles. The summed E-state index contributed by atoms with van der Waals surface area (Å²) in [5.74, 6) is -0.506. The standard InChI is InChI=1S/C28H29N3O5/c1-20(2)31(23-14-12-22(13-15-23)29-21-8-4-3-5-9-21)27(33)19-36-28(34)16-17-30-24-10-6-7-11-25(24)35-18-26(30)32/h3-15,20,29H,16-19H2,1-2H3. The zero-order valence-corrected chi connectivity index (χ0v) is 20.3. The fraction of sp³-hybridized carbons (Fsp3) is 0.250. The van der Waals surface area contributed by atoms with Gasteiger partial charge >= 0.3 is 5.97 Å². The zero-order chi connectivity index (χ0) is 25.5. The van der Waals surface area contributed by atoms with Crippen LogP contribution in [0.4, 0.5) is 22.7 Å². The van der Waals surface area contributed by atoms with Crippen LogP contribution in [-0.4, -0.2) is 43.6 Å². The number of anilines is 4. The van der Waals surface area contributed by atoms with Gasteiger partial charge in [-0.15, -0.1) is 0 Å². The first-order valence-electron chi connectivity index (χ1n) is 11.8. The Balaban J connectivity index is 1.32. The smallest absolute Gasteiger partial charge is 0.308 e. The highest BCUT2D eigenvalue weighted by molar-refractivity contribution is 5.98. The number of fused-ring (bicyclic) bond motifs is 1. The van der Waals surface area contributed by atoms with Crippen LogP contribution in [-0.2, 0) is 19.1 Å². The van der Waals surface area contributed by atoms with Gasteiger partial charge in [-0.2, -0.15) is 0 Å². The second kappa shape index (κ2) is 11.4. The van der Waals surface area contributed by atoms with E-state index in [4.69, 9.17) is 9.47 Å². The van der Waals surface area contributed by atoms with Crippen LogP contribution >= 0.6 is 0 Å². The topological polar surface area (TPSA) is 88.2 Å². The summed E-state index contributed by atoms with van der Waals surface area (Å²) in [6, 6.07) is 24.3. The van der Waals surface area contributed by atoms with E-state index in [9.17, 15) is 14.4 Å². The van der Waals surface area contributed by atoms with E-state index in [-0.39, 0.29) is 44.0 Å². The molecule has 1 aliphatic rings. The summed E-state index contributed by atoms with van der Waals surface area (Å²) in [7, 11) is 0. The molecule has 0 bridgehead atoms. The molecular weight excluding hydrogens is 458 g/mol. The summed E-state index contributed by atoms with van der Waals surface area (Å²) in [6.45, 7) is 3.49.